The van der Waals surface area contributed by atoms with E-state index < -0.39 is 0 Å². The first-order valence-corrected chi connectivity index (χ1v) is 6.60. The molecule has 0 amide bonds. The average molecular weight is 259 g/mol. The first-order chi connectivity index (χ1) is 9.11. The largest absolute Gasteiger partial charge is 0.367 e. The van der Waals surface area contributed by atoms with E-state index in [9.17, 15) is 5.26 Å². The van der Waals surface area contributed by atoms with Gasteiger partial charge in [-0.05, 0) is 32.6 Å². The smallest absolute Gasteiger partial charge is 0.144 e. The van der Waals surface area contributed by atoms with Crippen LogP contribution >= 0.6 is 0 Å². The number of nitrogens with one attached hydrogen (secondary N) is 1. The molecule has 0 aromatic carbocycles. The molecule has 1 unspecified atom stereocenters. The van der Waals surface area contributed by atoms with E-state index in [2.05, 4.69) is 40.3 Å². The van der Waals surface area contributed by atoms with Gasteiger partial charge in [0.15, 0.2) is 0 Å². The minimum atomic E-state index is 0.451. The maximum atomic E-state index is 9.18. The van der Waals surface area contributed by atoms with Crippen molar-refractivity contribution in [1.29, 1.82) is 5.26 Å². The third-order valence-electron chi connectivity index (χ3n) is 3.76. The van der Waals surface area contributed by atoms with Gasteiger partial charge in [-0.3, -0.25) is 4.90 Å². The fourth-order valence-electron chi connectivity index (χ4n) is 2.37. The van der Waals surface area contributed by atoms with Crippen molar-refractivity contribution < 1.29 is 0 Å². The zero-order valence-corrected chi connectivity index (χ0v) is 11.8. The lowest BCUT2D eigenvalue weighted by atomic mass is 10.1. The number of rotatable bonds is 3. The highest BCUT2D eigenvalue weighted by molar-refractivity contribution is 5.55. The third kappa shape index (κ3) is 3.22. The van der Waals surface area contributed by atoms with Crippen LogP contribution in [0.3, 0.4) is 0 Å². The molecule has 1 N–H and O–H groups in total. The van der Waals surface area contributed by atoms with Crippen LogP contribution in [0.15, 0.2) is 12.3 Å². The third-order valence-corrected chi connectivity index (χ3v) is 3.76. The number of nitriles is 1. The molecule has 1 fully saturated rings. The lowest BCUT2D eigenvalue weighted by molar-refractivity contribution is 0.122. The second-order valence-electron chi connectivity index (χ2n) is 5.24. The maximum Gasteiger partial charge on any atom is 0.144 e. The second-order valence-corrected chi connectivity index (χ2v) is 5.24. The SMILES string of the molecule is Cc1ccnc(NCC2CN(C)CCN2C)c1C#N. The Morgan fingerprint density at radius 2 is 2.26 bits per heavy atom. The Kier molecular flexibility index (Phi) is 4.35. The number of nitrogens with zero attached hydrogens (tertiary/aromatic N) is 4. The molecular weight excluding hydrogens is 238 g/mol. The van der Waals surface area contributed by atoms with Crippen LogP contribution in [0.5, 0.6) is 0 Å². The number of aryl methyl sites for hydroxylation is 1. The fraction of sp³-hybridized carbons (Fsp3) is 0.571. The van der Waals surface area contributed by atoms with E-state index in [0.717, 1.165) is 31.7 Å². The predicted octanol–water partition coefficient (Wildman–Crippen LogP) is 0.919. The Morgan fingerprint density at radius 3 is 3.00 bits per heavy atom. The van der Waals surface area contributed by atoms with Gasteiger partial charge in [0, 0.05) is 38.4 Å². The van der Waals surface area contributed by atoms with Crippen LogP contribution in [0.25, 0.3) is 0 Å². The highest BCUT2D eigenvalue weighted by Gasteiger charge is 2.22. The summed E-state index contributed by atoms with van der Waals surface area (Å²) in [6.45, 7) is 5.98. The molecule has 0 saturated carbocycles. The normalized spacial score (nSPS) is 21.1. The van der Waals surface area contributed by atoms with Crippen molar-refractivity contribution in [1.82, 2.24) is 14.8 Å². The minimum absolute atomic E-state index is 0.451. The van der Waals surface area contributed by atoms with Crippen molar-refractivity contribution in [3.05, 3.63) is 23.4 Å². The van der Waals surface area contributed by atoms with E-state index in [1.54, 1.807) is 6.20 Å². The minimum Gasteiger partial charge on any atom is -0.367 e. The van der Waals surface area contributed by atoms with Crippen molar-refractivity contribution in [2.45, 2.75) is 13.0 Å². The van der Waals surface area contributed by atoms with Crippen molar-refractivity contribution in [2.24, 2.45) is 0 Å². The molecular formula is C14H21N5. The molecule has 102 valence electrons. The van der Waals surface area contributed by atoms with Gasteiger partial charge in [0.25, 0.3) is 0 Å². The van der Waals surface area contributed by atoms with E-state index in [1.165, 1.54) is 0 Å². The van der Waals surface area contributed by atoms with Crippen LogP contribution in [0.1, 0.15) is 11.1 Å². The van der Waals surface area contributed by atoms with Gasteiger partial charge in [0.05, 0.1) is 5.56 Å². The Balaban J connectivity index is 2.03. The summed E-state index contributed by atoms with van der Waals surface area (Å²) < 4.78 is 0. The van der Waals surface area contributed by atoms with E-state index in [0.29, 0.717) is 17.4 Å². The predicted molar refractivity (Wildman–Crippen MR) is 76.1 cm³/mol. The lowest BCUT2D eigenvalue weighted by Crippen LogP contribution is -2.52. The molecule has 5 nitrogen and oxygen atoms in total. The number of aromatic nitrogens is 1. The molecule has 1 aliphatic rings. The average Bonchev–Trinajstić information content (AvgIpc) is 2.40. The van der Waals surface area contributed by atoms with Crippen LogP contribution in [-0.2, 0) is 0 Å². The number of likely N-dealkylation sites (N-methyl/N-ethyl adjacent to an activating group) is 2. The molecule has 2 heterocycles. The quantitative estimate of drug-likeness (QED) is 0.875. The lowest BCUT2D eigenvalue weighted by Gasteiger charge is -2.37. The number of pyridine rings is 1. The summed E-state index contributed by atoms with van der Waals surface area (Å²) in [5.74, 6) is 0.698. The second kappa shape index (κ2) is 6.00. The Morgan fingerprint density at radius 1 is 1.47 bits per heavy atom. The van der Waals surface area contributed by atoms with Crippen LogP contribution in [0, 0.1) is 18.3 Å². The van der Waals surface area contributed by atoms with Crippen LogP contribution in [0.4, 0.5) is 5.82 Å². The molecule has 0 aliphatic carbocycles. The Bertz CT molecular complexity index is 479. The number of hydrogen-bond donors (Lipinski definition) is 1. The van der Waals surface area contributed by atoms with Gasteiger partial charge in [0.1, 0.15) is 11.9 Å². The summed E-state index contributed by atoms with van der Waals surface area (Å²) >= 11 is 0. The molecule has 1 atom stereocenters. The number of piperazine rings is 1. The molecule has 19 heavy (non-hydrogen) atoms. The van der Waals surface area contributed by atoms with E-state index >= 15 is 0 Å². The first kappa shape index (κ1) is 13.8. The standard InChI is InChI=1S/C14H21N5/c1-11-4-5-16-14(13(11)8-15)17-9-12-10-18(2)6-7-19(12)3/h4-5,12H,6-7,9-10H2,1-3H3,(H,16,17). The van der Waals surface area contributed by atoms with Crippen LogP contribution in [-0.4, -0.2) is 61.1 Å². The van der Waals surface area contributed by atoms with Gasteiger partial charge in [-0.1, -0.05) is 0 Å². The molecule has 0 spiro atoms. The van der Waals surface area contributed by atoms with Gasteiger partial charge < -0.3 is 10.2 Å². The summed E-state index contributed by atoms with van der Waals surface area (Å²) in [4.78, 5) is 8.96. The number of anilines is 1. The van der Waals surface area contributed by atoms with E-state index in [-0.39, 0.29) is 0 Å². The molecule has 1 aromatic rings. The highest BCUT2D eigenvalue weighted by atomic mass is 15.3. The Labute approximate surface area is 114 Å². The monoisotopic (exact) mass is 259 g/mol. The summed E-state index contributed by atoms with van der Waals surface area (Å²) in [6, 6.07) is 4.54. The highest BCUT2D eigenvalue weighted by Crippen LogP contribution is 2.16. The van der Waals surface area contributed by atoms with Gasteiger partial charge in [0.2, 0.25) is 0 Å². The summed E-state index contributed by atoms with van der Waals surface area (Å²) in [6.07, 6.45) is 1.75. The molecule has 1 aromatic heterocycles. The Hall–Kier alpha value is -1.64. The maximum absolute atomic E-state index is 9.18. The van der Waals surface area contributed by atoms with Crippen LogP contribution < -0.4 is 5.32 Å². The topological polar surface area (TPSA) is 55.2 Å². The summed E-state index contributed by atoms with van der Waals surface area (Å²) in [5, 5.41) is 12.5. The molecule has 1 saturated heterocycles. The van der Waals surface area contributed by atoms with Crippen molar-refractivity contribution in [3.8, 4) is 6.07 Å². The zero-order chi connectivity index (χ0) is 13.8. The summed E-state index contributed by atoms with van der Waals surface area (Å²) in [5.41, 5.74) is 1.61. The zero-order valence-electron chi connectivity index (χ0n) is 11.8. The molecule has 0 radical (unpaired) electrons. The number of hydrogen-bond acceptors (Lipinski definition) is 5. The first-order valence-electron chi connectivity index (χ1n) is 6.60. The van der Waals surface area contributed by atoms with Gasteiger partial charge in [-0.2, -0.15) is 5.26 Å². The molecule has 0 bridgehead atoms. The van der Waals surface area contributed by atoms with Gasteiger partial charge in [-0.15, -0.1) is 0 Å². The van der Waals surface area contributed by atoms with Crippen LogP contribution in [0.2, 0.25) is 0 Å². The summed E-state index contributed by atoms with van der Waals surface area (Å²) in [7, 11) is 4.29. The molecule has 1 aliphatic heterocycles. The van der Waals surface area contributed by atoms with E-state index in [1.807, 2.05) is 13.0 Å². The van der Waals surface area contributed by atoms with E-state index in [4.69, 9.17) is 0 Å². The van der Waals surface area contributed by atoms with Crippen molar-refractivity contribution in [2.75, 3.05) is 45.6 Å². The van der Waals surface area contributed by atoms with Gasteiger partial charge >= 0.3 is 0 Å². The molecule has 2 rings (SSSR count). The van der Waals surface area contributed by atoms with Crippen molar-refractivity contribution >= 4 is 5.82 Å². The molecule has 5 heteroatoms. The van der Waals surface area contributed by atoms with Gasteiger partial charge in [-0.25, -0.2) is 4.98 Å². The fourth-order valence-corrected chi connectivity index (χ4v) is 2.37. The van der Waals surface area contributed by atoms with Crippen molar-refractivity contribution in [3.63, 3.8) is 0 Å².